The Hall–Kier alpha value is -2.17. The lowest BCUT2D eigenvalue weighted by Crippen LogP contribution is -2.64. The van der Waals surface area contributed by atoms with Gasteiger partial charge in [-0.2, -0.15) is 0 Å². The van der Waals surface area contributed by atoms with Crippen molar-refractivity contribution in [3.63, 3.8) is 0 Å². The van der Waals surface area contributed by atoms with Crippen molar-refractivity contribution >= 4 is 6.03 Å². The van der Waals surface area contributed by atoms with E-state index in [1.54, 1.807) is 18.1 Å². The average Bonchev–Trinajstić information content (AvgIpc) is 2.43. The summed E-state index contributed by atoms with van der Waals surface area (Å²) < 4.78 is 11.3. The Kier molecular flexibility index (Phi) is 2.85. The fraction of sp³-hybridized carbons (Fsp3) is 0.400. The predicted molar refractivity (Wildman–Crippen MR) is 74.8 cm³/mol. The molecule has 2 aliphatic rings. The van der Waals surface area contributed by atoms with Crippen molar-refractivity contribution < 1.29 is 14.3 Å². The van der Waals surface area contributed by atoms with Gasteiger partial charge in [0.15, 0.2) is 5.72 Å². The zero-order valence-electron chi connectivity index (χ0n) is 11.7. The Balaban J connectivity index is 2.02. The highest BCUT2D eigenvalue weighted by Gasteiger charge is 2.48. The maximum atomic E-state index is 12.2. The van der Waals surface area contributed by atoms with Crippen LogP contribution in [-0.2, 0) is 0 Å². The number of nitrogens with zero attached hydrogens (tertiary/aromatic N) is 1. The molecule has 0 spiro atoms. The zero-order valence-corrected chi connectivity index (χ0v) is 11.7. The molecule has 106 valence electrons. The number of fused-ring (bicyclic) bond motifs is 4. The third-order valence-corrected chi connectivity index (χ3v) is 3.93. The van der Waals surface area contributed by atoms with Crippen LogP contribution in [0, 0.1) is 0 Å². The fourth-order valence-corrected chi connectivity index (χ4v) is 2.93. The Labute approximate surface area is 118 Å². The largest absolute Gasteiger partial charge is 0.497 e. The molecule has 0 saturated carbocycles. The minimum absolute atomic E-state index is 0.0487. The van der Waals surface area contributed by atoms with Gasteiger partial charge < -0.3 is 14.8 Å². The first-order valence-electron chi connectivity index (χ1n) is 6.63. The molecule has 2 atom stereocenters. The van der Waals surface area contributed by atoms with E-state index >= 15 is 0 Å². The van der Waals surface area contributed by atoms with Gasteiger partial charge in [0.05, 0.1) is 13.2 Å². The maximum Gasteiger partial charge on any atom is 0.321 e. The van der Waals surface area contributed by atoms with Gasteiger partial charge in [-0.1, -0.05) is 6.08 Å². The summed E-state index contributed by atoms with van der Waals surface area (Å²) in [6.07, 6.45) is 2.41. The molecule has 2 unspecified atom stereocenters. The predicted octanol–water partition coefficient (Wildman–Crippen LogP) is 2.45. The van der Waals surface area contributed by atoms with Crippen molar-refractivity contribution in [2.24, 2.45) is 0 Å². The highest BCUT2D eigenvalue weighted by molar-refractivity contribution is 5.77. The molecular formula is C15H18N2O3. The van der Waals surface area contributed by atoms with Gasteiger partial charge in [0.25, 0.3) is 0 Å². The lowest BCUT2D eigenvalue weighted by atomic mass is 9.90. The molecular weight excluding hydrogens is 256 g/mol. The van der Waals surface area contributed by atoms with Gasteiger partial charge in [-0.05, 0) is 25.1 Å². The highest BCUT2D eigenvalue weighted by Crippen LogP contribution is 2.44. The Morgan fingerprint density at radius 3 is 3.15 bits per heavy atom. The summed E-state index contributed by atoms with van der Waals surface area (Å²) in [5.41, 5.74) is 0.330. The van der Waals surface area contributed by atoms with E-state index in [4.69, 9.17) is 9.47 Å². The van der Waals surface area contributed by atoms with Crippen molar-refractivity contribution in [3.8, 4) is 11.5 Å². The first-order chi connectivity index (χ1) is 9.57. The smallest absolute Gasteiger partial charge is 0.321 e. The number of nitrogens with one attached hydrogen (secondary N) is 1. The third kappa shape index (κ3) is 1.81. The molecule has 2 aliphatic heterocycles. The first kappa shape index (κ1) is 12.8. The Morgan fingerprint density at radius 1 is 1.65 bits per heavy atom. The molecule has 0 aliphatic carbocycles. The summed E-state index contributed by atoms with van der Waals surface area (Å²) in [6, 6.07) is 5.50. The van der Waals surface area contributed by atoms with E-state index in [1.165, 1.54) is 0 Å². The van der Waals surface area contributed by atoms with Gasteiger partial charge >= 0.3 is 6.03 Å². The van der Waals surface area contributed by atoms with Crippen LogP contribution in [0.5, 0.6) is 11.5 Å². The molecule has 5 heteroatoms. The molecule has 20 heavy (non-hydrogen) atoms. The van der Waals surface area contributed by atoms with Gasteiger partial charge in [-0.15, -0.1) is 6.58 Å². The molecule has 2 amide bonds. The molecule has 1 aromatic carbocycles. The molecule has 1 N–H and O–H groups in total. The van der Waals surface area contributed by atoms with Crippen LogP contribution in [0.3, 0.4) is 0 Å². The van der Waals surface area contributed by atoms with E-state index in [-0.39, 0.29) is 12.1 Å². The van der Waals surface area contributed by atoms with Crippen LogP contribution >= 0.6 is 0 Å². The molecule has 0 aromatic heterocycles. The van der Waals surface area contributed by atoms with E-state index in [2.05, 4.69) is 11.9 Å². The number of methoxy groups -OCH3 is 1. The van der Waals surface area contributed by atoms with Crippen molar-refractivity contribution in [1.82, 2.24) is 10.2 Å². The molecule has 0 radical (unpaired) electrons. The molecule has 5 nitrogen and oxygen atoms in total. The van der Waals surface area contributed by atoms with E-state index in [1.807, 2.05) is 25.1 Å². The summed E-state index contributed by atoms with van der Waals surface area (Å²) in [5.74, 6) is 1.55. The molecule has 2 heterocycles. The number of urea groups is 1. The van der Waals surface area contributed by atoms with Crippen LogP contribution in [0.4, 0.5) is 4.79 Å². The van der Waals surface area contributed by atoms with Crippen molar-refractivity contribution in [2.75, 3.05) is 13.7 Å². The van der Waals surface area contributed by atoms with Crippen molar-refractivity contribution in [2.45, 2.75) is 25.1 Å². The topological polar surface area (TPSA) is 50.8 Å². The minimum atomic E-state index is -0.636. The highest BCUT2D eigenvalue weighted by atomic mass is 16.5. The van der Waals surface area contributed by atoms with Crippen LogP contribution < -0.4 is 14.8 Å². The SMILES string of the molecule is C=CCN1C(=O)NC2CC1(C)Oc1ccc(OC)cc12. The fourth-order valence-electron chi connectivity index (χ4n) is 2.93. The second kappa shape index (κ2) is 4.44. The lowest BCUT2D eigenvalue weighted by Gasteiger charge is -2.50. The van der Waals surface area contributed by atoms with Crippen LogP contribution in [0.15, 0.2) is 30.9 Å². The first-order valence-corrected chi connectivity index (χ1v) is 6.63. The van der Waals surface area contributed by atoms with Crippen LogP contribution in [-0.4, -0.2) is 30.3 Å². The monoisotopic (exact) mass is 274 g/mol. The Morgan fingerprint density at radius 2 is 2.45 bits per heavy atom. The quantitative estimate of drug-likeness (QED) is 0.861. The number of hydrogen-bond donors (Lipinski definition) is 1. The number of hydrogen-bond acceptors (Lipinski definition) is 3. The van der Waals surface area contributed by atoms with E-state index < -0.39 is 5.72 Å². The minimum Gasteiger partial charge on any atom is -0.497 e. The number of benzene rings is 1. The summed E-state index contributed by atoms with van der Waals surface area (Å²) >= 11 is 0. The molecule has 2 bridgehead atoms. The van der Waals surface area contributed by atoms with E-state index in [9.17, 15) is 4.79 Å². The van der Waals surface area contributed by atoms with Crippen LogP contribution in [0.25, 0.3) is 0 Å². The summed E-state index contributed by atoms with van der Waals surface area (Å²) in [5, 5.41) is 3.02. The van der Waals surface area contributed by atoms with Crippen molar-refractivity contribution in [3.05, 3.63) is 36.4 Å². The molecule has 1 saturated heterocycles. The zero-order chi connectivity index (χ0) is 14.3. The number of carbonyl (C=O) groups is 1. The second-order valence-corrected chi connectivity index (χ2v) is 5.29. The van der Waals surface area contributed by atoms with E-state index in [0.717, 1.165) is 17.1 Å². The van der Waals surface area contributed by atoms with Gasteiger partial charge in [0.1, 0.15) is 11.5 Å². The number of amides is 2. The van der Waals surface area contributed by atoms with Gasteiger partial charge in [-0.3, -0.25) is 4.90 Å². The third-order valence-electron chi connectivity index (χ3n) is 3.93. The van der Waals surface area contributed by atoms with Crippen LogP contribution in [0.1, 0.15) is 24.9 Å². The second-order valence-electron chi connectivity index (χ2n) is 5.29. The number of ether oxygens (including phenoxy) is 2. The molecule has 3 rings (SSSR count). The average molecular weight is 274 g/mol. The van der Waals surface area contributed by atoms with E-state index in [0.29, 0.717) is 13.0 Å². The van der Waals surface area contributed by atoms with Crippen LogP contribution in [0.2, 0.25) is 0 Å². The van der Waals surface area contributed by atoms with Gasteiger partial charge in [0, 0.05) is 18.5 Å². The maximum absolute atomic E-state index is 12.2. The number of rotatable bonds is 3. The van der Waals surface area contributed by atoms with Crippen molar-refractivity contribution in [1.29, 1.82) is 0 Å². The Bertz CT molecular complexity index is 572. The normalized spacial score (nSPS) is 27.2. The summed E-state index contributed by atoms with van der Waals surface area (Å²) in [4.78, 5) is 13.9. The van der Waals surface area contributed by atoms with Gasteiger partial charge in [-0.25, -0.2) is 4.79 Å². The molecule has 1 aromatic rings. The van der Waals surface area contributed by atoms with Gasteiger partial charge in [0.2, 0.25) is 0 Å². The molecule has 1 fully saturated rings. The summed E-state index contributed by atoms with van der Waals surface area (Å²) in [6.45, 7) is 6.10. The lowest BCUT2D eigenvalue weighted by molar-refractivity contribution is -0.0788. The standard InChI is InChI=1S/C15H18N2O3/c1-4-7-17-14(18)16-12-9-15(17,2)20-13-6-5-10(19-3)8-11(12)13/h4-6,8,12H,1,7,9H2,2-3H3,(H,16,18). The number of carbonyl (C=O) groups excluding carboxylic acids is 1. The summed E-state index contributed by atoms with van der Waals surface area (Å²) in [7, 11) is 1.63.